The highest BCUT2D eigenvalue weighted by atomic mass is 32.2. The van der Waals surface area contributed by atoms with Crippen molar-refractivity contribution in [2.75, 3.05) is 11.4 Å². The molecule has 0 spiro atoms. The molecule has 0 radical (unpaired) electrons. The van der Waals surface area contributed by atoms with Crippen molar-refractivity contribution in [3.05, 3.63) is 42.0 Å². The van der Waals surface area contributed by atoms with Crippen LogP contribution in [0.25, 0.3) is 0 Å². The lowest BCUT2D eigenvalue weighted by atomic mass is 10.1. The van der Waals surface area contributed by atoms with Gasteiger partial charge >= 0.3 is 0 Å². The third-order valence-corrected chi connectivity index (χ3v) is 5.30. The van der Waals surface area contributed by atoms with E-state index in [-0.39, 0.29) is 23.6 Å². The van der Waals surface area contributed by atoms with Gasteiger partial charge in [0.2, 0.25) is 5.91 Å². The first kappa shape index (κ1) is 16.0. The number of amides is 1. The molecular weight excluding hydrogens is 317 g/mol. The van der Waals surface area contributed by atoms with E-state index in [0.717, 1.165) is 12.8 Å². The molecule has 23 heavy (non-hydrogen) atoms. The summed E-state index contributed by atoms with van der Waals surface area (Å²) >= 11 is 1.37. The molecule has 1 aromatic carbocycles. The zero-order valence-electron chi connectivity index (χ0n) is 12.8. The third-order valence-electron chi connectivity index (χ3n) is 3.98. The number of aromatic nitrogens is 2. The van der Waals surface area contributed by atoms with Gasteiger partial charge in [-0.2, -0.15) is 0 Å². The summed E-state index contributed by atoms with van der Waals surface area (Å²) in [4.78, 5) is 18.5. The summed E-state index contributed by atoms with van der Waals surface area (Å²) in [7, 11) is 1.81. The number of imidazole rings is 1. The Morgan fingerprint density at radius 2 is 2.22 bits per heavy atom. The maximum absolute atomic E-state index is 14.0. The molecule has 1 amide bonds. The zero-order valence-corrected chi connectivity index (χ0v) is 13.6. The molecule has 122 valence electrons. The van der Waals surface area contributed by atoms with E-state index in [0.29, 0.717) is 23.1 Å². The number of anilines is 1. The molecule has 0 unspecified atom stereocenters. The Kier molecular flexibility index (Phi) is 4.68. The predicted octanol–water partition coefficient (Wildman–Crippen LogP) is 2.34. The van der Waals surface area contributed by atoms with Gasteiger partial charge in [0.05, 0.1) is 29.4 Å². The SMILES string of the molecule is Cn1c(CO)cnc1S[C@@H]1CCCN(c2ccccc2F)C1=O. The highest BCUT2D eigenvalue weighted by molar-refractivity contribution is 8.00. The quantitative estimate of drug-likeness (QED) is 0.932. The van der Waals surface area contributed by atoms with E-state index in [9.17, 15) is 14.3 Å². The maximum atomic E-state index is 14.0. The monoisotopic (exact) mass is 335 g/mol. The van der Waals surface area contributed by atoms with E-state index in [4.69, 9.17) is 0 Å². The van der Waals surface area contributed by atoms with Crippen molar-refractivity contribution in [2.24, 2.45) is 7.05 Å². The Labute approximate surface area is 138 Å². The van der Waals surface area contributed by atoms with Crippen molar-refractivity contribution in [2.45, 2.75) is 29.9 Å². The van der Waals surface area contributed by atoms with Crippen molar-refractivity contribution in [3.63, 3.8) is 0 Å². The molecule has 1 fully saturated rings. The lowest BCUT2D eigenvalue weighted by molar-refractivity contribution is -0.119. The third kappa shape index (κ3) is 3.11. The van der Waals surface area contributed by atoms with E-state index in [1.54, 1.807) is 29.0 Å². The summed E-state index contributed by atoms with van der Waals surface area (Å²) < 4.78 is 15.7. The number of aliphatic hydroxyl groups excluding tert-OH is 1. The summed E-state index contributed by atoms with van der Waals surface area (Å²) in [5.41, 5.74) is 1.03. The van der Waals surface area contributed by atoms with Crippen molar-refractivity contribution < 1.29 is 14.3 Å². The number of hydrogen-bond donors (Lipinski definition) is 1. The average molecular weight is 335 g/mol. The van der Waals surface area contributed by atoms with Gasteiger partial charge in [0, 0.05) is 13.6 Å². The van der Waals surface area contributed by atoms with Gasteiger partial charge < -0.3 is 14.6 Å². The van der Waals surface area contributed by atoms with Gasteiger partial charge in [-0.05, 0) is 25.0 Å². The minimum atomic E-state index is -0.383. The predicted molar refractivity (Wildman–Crippen MR) is 86.8 cm³/mol. The molecule has 2 heterocycles. The second-order valence-electron chi connectivity index (χ2n) is 5.44. The Morgan fingerprint density at radius 3 is 2.91 bits per heavy atom. The van der Waals surface area contributed by atoms with Crippen LogP contribution in [0.5, 0.6) is 0 Å². The first-order chi connectivity index (χ1) is 11.1. The number of rotatable bonds is 4. The largest absolute Gasteiger partial charge is 0.390 e. The standard InChI is InChI=1S/C16H18FN3O2S/c1-19-11(10-21)9-18-16(19)23-14-7-4-8-20(15(14)22)13-6-3-2-5-12(13)17/h2-3,5-6,9,14,21H,4,7-8,10H2,1H3/t14-/m1/s1. The minimum absolute atomic E-state index is 0.0932. The molecule has 1 aliphatic rings. The normalized spacial score (nSPS) is 18.5. The zero-order chi connectivity index (χ0) is 16.4. The number of nitrogens with zero attached hydrogens (tertiary/aromatic N) is 3. The molecule has 7 heteroatoms. The number of benzene rings is 1. The van der Waals surface area contributed by atoms with Crippen LogP contribution in [-0.2, 0) is 18.4 Å². The highest BCUT2D eigenvalue weighted by Crippen LogP contribution is 2.32. The lowest BCUT2D eigenvalue weighted by Crippen LogP contribution is -2.43. The first-order valence-electron chi connectivity index (χ1n) is 7.46. The number of thioether (sulfide) groups is 1. The Hall–Kier alpha value is -1.86. The molecule has 0 bridgehead atoms. The van der Waals surface area contributed by atoms with Crippen LogP contribution in [0.1, 0.15) is 18.5 Å². The Balaban J connectivity index is 1.80. The molecule has 2 aromatic rings. The van der Waals surface area contributed by atoms with Gasteiger partial charge in [-0.1, -0.05) is 23.9 Å². The Morgan fingerprint density at radius 1 is 1.43 bits per heavy atom. The van der Waals surface area contributed by atoms with Crippen molar-refractivity contribution in [1.29, 1.82) is 0 Å². The van der Waals surface area contributed by atoms with Gasteiger partial charge in [-0.3, -0.25) is 4.79 Å². The second kappa shape index (κ2) is 6.72. The van der Waals surface area contributed by atoms with E-state index >= 15 is 0 Å². The lowest BCUT2D eigenvalue weighted by Gasteiger charge is -2.32. The molecule has 1 N–H and O–H groups in total. The molecule has 0 aliphatic carbocycles. The molecule has 1 atom stereocenters. The highest BCUT2D eigenvalue weighted by Gasteiger charge is 2.32. The average Bonchev–Trinajstić information content (AvgIpc) is 2.90. The fraction of sp³-hybridized carbons (Fsp3) is 0.375. The fourth-order valence-corrected chi connectivity index (χ4v) is 3.83. The van der Waals surface area contributed by atoms with Gasteiger partial charge in [-0.15, -0.1) is 0 Å². The Bertz CT molecular complexity index is 719. The number of piperidine rings is 1. The number of para-hydroxylation sites is 1. The number of carbonyl (C=O) groups excluding carboxylic acids is 1. The first-order valence-corrected chi connectivity index (χ1v) is 8.33. The van der Waals surface area contributed by atoms with Crippen LogP contribution in [0.3, 0.4) is 0 Å². The topological polar surface area (TPSA) is 58.4 Å². The van der Waals surface area contributed by atoms with E-state index in [2.05, 4.69) is 4.98 Å². The number of halogens is 1. The number of carbonyl (C=O) groups is 1. The number of aliphatic hydroxyl groups is 1. The van der Waals surface area contributed by atoms with E-state index in [1.807, 2.05) is 7.05 Å². The van der Waals surface area contributed by atoms with Gasteiger partial charge in [0.1, 0.15) is 5.82 Å². The van der Waals surface area contributed by atoms with Gasteiger partial charge in [-0.25, -0.2) is 9.37 Å². The summed E-state index contributed by atoms with van der Waals surface area (Å²) in [5.74, 6) is -0.481. The molecule has 5 nitrogen and oxygen atoms in total. The fourth-order valence-electron chi connectivity index (χ4n) is 2.67. The molecule has 1 aliphatic heterocycles. The summed E-state index contributed by atoms with van der Waals surface area (Å²) in [5, 5.41) is 9.61. The van der Waals surface area contributed by atoms with Crippen LogP contribution in [0.15, 0.2) is 35.6 Å². The summed E-state index contributed by atoms with van der Waals surface area (Å²) in [6.07, 6.45) is 3.15. The summed E-state index contributed by atoms with van der Waals surface area (Å²) in [6.45, 7) is 0.434. The van der Waals surface area contributed by atoms with Gasteiger partial charge in [0.15, 0.2) is 5.16 Å². The second-order valence-corrected chi connectivity index (χ2v) is 6.61. The smallest absolute Gasteiger partial charge is 0.240 e. The molecule has 1 saturated heterocycles. The molecule has 3 rings (SSSR count). The van der Waals surface area contributed by atoms with Crippen LogP contribution in [0.4, 0.5) is 10.1 Å². The van der Waals surface area contributed by atoms with Crippen LogP contribution in [0, 0.1) is 5.82 Å². The van der Waals surface area contributed by atoms with Gasteiger partial charge in [0.25, 0.3) is 0 Å². The van der Waals surface area contributed by atoms with E-state index < -0.39 is 0 Å². The van der Waals surface area contributed by atoms with Crippen LogP contribution in [0.2, 0.25) is 0 Å². The maximum Gasteiger partial charge on any atom is 0.240 e. The van der Waals surface area contributed by atoms with Crippen LogP contribution in [-0.4, -0.2) is 32.4 Å². The van der Waals surface area contributed by atoms with Crippen molar-refractivity contribution >= 4 is 23.4 Å². The van der Waals surface area contributed by atoms with Crippen molar-refractivity contribution in [3.8, 4) is 0 Å². The van der Waals surface area contributed by atoms with E-state index in [1.165, 1.54) is 22.7 Å². The van der Waals surface area contributed by atoms with Crippen molar-refractivity contribution in [1.82, 2.24) is 9.55 Å². The number of hydrogen-bond acceptors (Lipinski definition) is 4. The van der Waals surface area contributed by atoms with Crippen LogP contribution >= 0.6 is 11.8 Å². The molecule has 1 aromatic heterocycles. The molecule has 0 saturated carbocycles. The van der Waals surface area contributed by atoms with Crippen LogP contribution < -0.4 is 4.90 Å². The molecular formula is C16H18FN3O2S. The summed E-state index contributed by atoms with van der Waals surface area (Å²) in [6, 6.07) is 6.34. The minimum Gasteiger partial charge on any atom is -0.390 e.